The number of hydrogen-bond acceptors (Lipinski definition) is 8. The zero-order valence-electron chi connectivity index (χ0n) is 23.7. The molecule has 4 heterocycles. The average molecular weight is 567 g/mol. The highest BCUT2D eigenvalue weighted by molar-refractivity contribution is 6.41. The van der Waals surface area contributed by atoms with Gasteiger partial charge in [-0.3, -0.25) is 19.5 Å². The molecule has 212 valence electrons. The Morgan fingerprint density at radius 2 is 1.93 bits per heavy atom. The molecule has 1 aliphatic rings. The number of halogens is 1. The van der Waals surface area contributed by atoms with Gasteiger partial charge < -0.3 is 25.7 Å². The maximum absolute atomic E-state index is 13.8. The van der Waals surface area contributed by atoms with Crippen molar-refractivity contribution in [3.8, 4) is 5.75 Å². The van der Waals surface area contributed by atoms with Crippen LogP contribution in [0.2, 0.25) is 5.15 Å². The molecule has 3 aromatic heterocycles. The smallest absolute Gasteiger partial charge is 0.260 e. The number of nitrogens with two attached hydrogens (primary N) is 1. The molecule has 0 saturated carbocycles. The molecule has 0 radical (unpaired) electrons. The molecule has 0 spiro atoms. The van der Waals surface area contributed by atoms with Crippen LogP contribution in [0.5, 0.6) is 5.75 Å². The summed E-state index contributed by atoms with van der Waals surface area (Å²) >= 11 is 6.51. The summed E-state index contributed by atoms with van der Waals surface area (Å²) in [5.41, 5.74) is 10.6. The molecule has 11 nitrogen and oxygen atoms in total. The molecule has 0 fully saturated rings. The lowest BCUT2D eigenvalue weighted by atomic mass is 10.1. The van der Waals surface area contributed by atoms with E-state index in [0.717, 1.165) is 30.9 Å². The lowest BCUT2D eigenvalue weighted by Gasteiger charge is -2.18. The first-order chi connectivity index (χ1) is 19.1. The Bertz CT molecular complexity index is 1480. The number of H-pyrrole nitrogens is 1. The van der Waals surface area contributed by atoms with E-state index in [1.54, 1.807) is 19.4 Å². The van der Waals surface area contributed by atoms with Crippen LogP contribution >= 0.6 is 11.6 Å². The van der Waals surface area contributed by atoms with Crippen molar-refractivity contribution in [2.45, 2.75) is 41.2 Å². The summed E-state index contributed by atoms with van der Waals surface area (Å²) in [6.45, 7) is 13.0. The van der Waals surface area contributed by atoms with E-state index in [0.29, 0.717) is 46.2 Å². The lowest BCUT2D eigenvalue weighted by molar-refractivity contribution is -0.113. The summed E-state index contributed by atoms with van der Waals surface area (Å²) in [4.78, 5) is 46.6. The topological polar surface area (TPSA) is 142 Å². The summed E-state index contributed by atoms with van der Waals surface area (Å²) in [7, 11) is 1.59. The molecule has 0 bridgehead atoms. The van der Waals surface area contributed by atoms with Gasteiger partial charge in [0.25, 0.3) is 11.8 Å². The number of methoxy groups -OCH3 is 1. The van der Waals surface area contributed by atoms with Crippen LogP contribution in [-0.2, 0) is 11.3 Å². The average Bonchev–Trinajstić information content (AvgIpc) is 3.41. The monoisotopic (exact) mass is 566 g/mol. The van der Waals surface area contributed by atoms with Crippen molar-refractivity contribution in [2.75, 3.05) is 43.9 Å². The highest BCUT2D eigenvalue weighted by atomic mass is 35.5. The first-order valence-electron chi connectivity index (χ1n) is 13.2. The number of hydrogen-bond donors (Lipinski definition) is 3. The fourth-order valence-corrected chi connectivity index (χ4v) is 5.06. The van der Waals surface area contributed by atoms with E-state index in [4.69, 9.17) is 22.1 Å². The SMILES string of the molecule is CCN(CC)CCNC(=O)c1c[nH]c(/C=C2\C(=O)N(Cc3nc(C)cc(OC)c3C)c3nc(N)nc(Cl)c32)c1C. The number of pyridine rings is 1. The maximum atomic E-state index is 13.8. The van der Waals surface area contributed by atoms with Gasteiger partial charge in [0.2, 0.25) is 5.95 Å². The first kappa shape index (κ1) is 29.0. The molecule has 3 aromatic rings. The van der Waals surface area contributed by atoms with E-state index in [2.05, 4.69) is 44.0 Å². The van der Waals surface area contributed by atoms with Crippen LogP contribution in [0.4, 0.5) is 11.8 Å². The molecule has 12 heteroatoms. The number of aromatic amines is 1. The number of rotatable bonds is 10. The molecule has 0 saturated heterocycles. The van der Waals surface area contributed by atoms with E-state index < -0.39 is 0 Å². The zero-order valence-corrected chi connectivity index (χ0v) is 24.4. The zero-order chi connectivity index (χ0) is 29.1. The van der Waals surface area contributed by atoms with Crippen LogP contribution in [0.15, 0.2) is 12.3 Å². The Hall–Kier alpha value is -3.96. The third kappa shape index (κ3) is 5.66. The number of carbonyl (C=O) groups is 2. The van der Waals surface area contributed by atoms with Gasteiger partial charge in [0, 0.05) is 42.3 Å². The number of aryl methyl sites for hydroxylation is 1. The van der Waals surface area contributed by atoms with Crippen molar-refractivity contribution < 1.29 is 14.3 Å². The van der Waals surface area contributed by atoms with Crippen molar-refractivity contribution in [3.05, 3.63) is 56.8 Å². The van der Waals surface area contributed by atoms with Gasteiger partial charge in [-0.1, -0.05) is 25.4 Å². The Balaban J connectivity index is 1.67. The van der Waals surface area contributed by atoms with E-state index in [1.807, 2.05) is 26.8 Å². The number of likely N-dealkylation sites (N-methyl/N-ethyl adjacent to an activating group) is 1. The number of aromatic nitrogens is 4. The Kier molecular flexibility index (Phi) is 8.75. The van der Waals surface area contributed by atoms with E-state index in [1.165, 1.54) is 4.90 Å². The second kappa shape index (κ2) is 12.1. The number of nitrogens with one attached hydrogen (secondary N) is 2. The standard InChI is InChI=1S/C28H35ClN8O3/c1-7-36(8-2)10-9-31-26(38)19-13-32-20(16(19)4)12-18-23-24(29)34-28(30)35-25(23)37(27(18)39)14-21-17(5)22(40-6)11-15(3)33-21/h11-13,32H,7-10,14H2,1-6H3,(H,31,38)(H2,30,34,35)/b18-12-. The van der Waals surface area contributed by atoms with Crippen molar-refractivity contribution >= 4 is 46.8 Å². The highest BCUT2D eigenvalue weighted by Crippen LogP contribution is 2.41. The summed E-state index contributed by atoms with van der Waals surface area (Å²) in [6.07, 6.45) is 3.31. The van der Waals surface area contributed by atoms with Gasteiger partial charge >= 0.3 is 0 Å². The second-order valence-corrected chi connectivity index (χ2v) is 9.94. The van der Waals surface area contributed by atoms with Gasteiger partial charge in [-0.05, 0) is 45.5 Å². The summed E-state index contributed by atoms with van der Waals surface area (Å²) in [6, 6.07) is 1.84. The third-order valence-corrected chi connectivity index (χ3v) is 7.44. The number of amides is 2. The van der Waals surface area contributed by atoms with Crippen molar-refractivity contribution in [1.82, 2.24) is 30.2 Å². The molecular weight excluding hydrogens is 532 g/mol. The van der Waals surface area contributed by atoms with Crippen LogP contribution in [-0.4, -0.2) is 69.9 Å². The molecule has 1 aliphatic heterocycles. The molecule has 40 heavy (non-hydrogen) atoms. The molecular formula is C28H35ClN8O3. The Labute approximate surface area is 238 Å². The van der Waals surface area contributed by atoms with E-state index in [-0.39, 0.29) is 35.0 Å². The minimum absolute atomic E-state index is 0.0472. The largest absolute Gasteiger partial charge is 0.496 e. The van der Waals surface area contributed by atoms with Crippen LogP contribution in [0.1, 0.15) is 58.0 Å². The van der Waals surface area contributed by atoms with Crippen LogP contribution in [0, 0.1) is 20.8 Å². The second-order valence-electron chi connectivity index (χ2n) is 9.58. The van der Waals surface area contributed by atoms with Crippen LogP contribution in [0.3, 0.4) is 0 Å². The predicted molar refractivity (Wildman–Crippen MR) is 156 cm³/mol. The summed E-state index contributed by atoms with van der Waals surface area (Å²) in [5.74, 6) is 0.408. The minimum Gasteiger partial charge on any atom is -0.496 e. The number of fused-ring (bicyclic) bond motifs is 1. The van der Waals surface area contributed by atoms with Crippen molar-refractivity contribution in [1.29, 1.82) is 0 Å². The molecule has 0 aromatic carbocycles. The van der Waals surface area contributed by atoms with Gasteiger partial charge in [0.1, 0.15) is 10.9 Å². The number of nitrogen functional groups attached to an aromatic ring is 1. The van der Waals surface area contributed by atoms with Gasteiger partial charge in [-0.15, -0.1) is 0 Å². The molecule has 0 unspecified atom stereocenters. The molecule has 2 amide bonds. The summed E-state index contributed by atoms with van der Waals surface area (Å²) in [5, 5.41) is 3.03. The van der Waals surface area contributed by atoms with Gasteiger partial charge in [-0.2, -0.15) is 4.98 Å². The number of anilines is 2. The van der Waals surface area contributed by atoms with Crippen LogP contribution < -0.4 is 20.7 Å². The Morgan fingerprint density at radius 3 is 2.60 bits per heavy atom. The Morgan fingerprint density at radius 1 is 1.20 bits per heavy atom. The maximum Gasteiger partial charge on any atom is 0.260 e. The summed E-state index contributed by atoms with van der Waals surface area (Å²) < 4.78 is 5.49. The molecule has 4 rings (SSSR count). The molecule has 0 atom stereocenters. The van der Waals surface area contributed by atoms with Crippen LogP contribution in [0.25, 0.3) is 11.6 Å². The fourth-order valence-electron chi connectivity index (χ4n) is 4.78. The van der Waals surface area contributed by atoms with Gasteiger partial charge in [-0.25, -0.2) is 4.98 Å². The minimum atomic E-state index is -0.335. The molecule has 0 aliphatic carbocycles. The van der Waals surface area contributed by atoms with Crippen molar-refractivity contribution in [2.24, 2.45) is 0 Å². The fraction of sp³-hybridized carbons (Fsp3) is 0.393. The van der Waals surface area contributed by atoms with Gasteiger partial charge in [0.15, 0.2) is 5.82 Å². The quantitative estimate of drug-likeness (QED) is 0.250. The third-order valence-electron chi connectivity index (χ3n) is 7.17. The number of nitrogens with zero attached hydrogens (tertiary/aromatic N) is 5. The van der Waals surface area contributed by atoms with Crippen molar-refractivity contribution in [3.63, 3.8) is 0 Å². The normalized spacial score (nSPS) is 13.8. The highest BCUT2D eigenvalue weighted by Gasteiger charge is 2.38. The molecule has 4 N–H and O–H groups in total. The van der Waals surface area contributed by atoms with Gasteiger partial charge in [0.05, 0.1) is 36.0 Å². The number of carbonyl (C=O) groups excluding carboxylic acids is 2. The lowest BCUT2D eigenvalue weighted by Crippen LogP contribution is -2.34. The number of ether oxygens (including phenoxy) is 1. The van der Waals surface area contributed by atoms with E-state index in [9.17, 15) is 9.59 Å². The van der Waals surface area contributed by atoms with E-state index >= 15 is 0 Å². The predicted octanol–water partition coefficient (Wildman–Crippen LogP) is 3.53. The first-order valence-corrected chi connectivity index (χ1v) is 13.5.